The number of halogens is 2. The van der Waals surface area contributed by atoms with Gasteiger partial charge in [-0.1, -0.05) is 36.4 Å². The van der Waals surface area contributed by atoms with Crippen molar-refractivity contribution in [1.82, 2.24) is 14.7 Å². The van der Waals surface area contributed by atoms with Gasteiger partial charge in [-0.15, -0.1) is 24.8 Å². The third kappa shape index (κ3) is 8.22. The van der Waals surface area contributed by atoms with Gasteiger partial charge in [0, 0.05) is 51.4 Å². The van der Waals surface area contributed by atoms with Gasteiger partial charge in [-0.25, -0.2) is 0 Å². The van der Waals surface area contributed by atoms with Crippen LogP contribution in [0.4, 0.5) is 0 Å². The third-order valence-corrected chi connectivity index (χ3v) is 6.71. The number of nitrogens with zero attached hydrogens (tertiary/aromatic N) is 3. The molecule has 1 heterocycles. The average Bonchev–Trinajstić information content (AvgIpc) is 2.89. The number of aliphatic hydroxyl groups is 1. The van der Waals surface area contributed by atoms with E-state index in [2.05, 4.69) is 40.6 Å². The van der Waals surface area contributed by atoms with Gasteiger partial charge in [-0.3, -0.25) is 9.69 Å². The predicted molar refractivity (Wildman–Crippen MR) is 152 cm³/mol. The van der Waals surface area contributed by atoms with Crippen LogP contribution in [0.15, 0.2) is 60.7 Å². The molecule has 1 N–H and O–H groups in total. The van der Waals surface area contributed by atoms with Crippen LogP contribution in [0, 0.1) is 0 Å². The van der Waals surface area contributed by atoms with Gasteiger partial charge in [0.1, 0.15) is 5.75 Å². The van der Waals surface area contributed by atoms with E-state index in [1.165, 1.54) is 11.1 Å². The number of ether oxygens (including phenoxy) is 1. The first kappa shape index (κ1) is 31.9. The zero-order valence-corrected chi connectivity index (χ0v) is 23.3. The van der Waals surface area contributed by atoms with Crippen LogP contribution >= 0.6 is 24.8 Å². The van der Waals surface area contributed by atoms with Crippen LogP contribution in [0.25, 0.3) is 0 Å². The van der Waals surface area contributed by atoms with Crippen molar-refractivity contribution in [3.8, 4) is 5.75 Å². The summed E-state index contributed by atoms with van der Waals surface area (Å²) in [7, 11) is 1.70. The van der Waals surface area contributed by atoms with Gasteiger partial charge in [0.2, 0.25) is 0 Å². The summed E-state index contributed by atoms with van der Waals surface area (Å²) in [5.41, 5.74) is 3.97. The number of piperazine rings is 1. The topological polar surface area (TPSA) is 56.2 Å². The van der Waals surface area contributed by atoms with E-state index >= 15 is 0 Å². The Morgan fingerprint density at radius 2 is 1.67 bits per heavy atom. The molecule has 1 aliphatic rings. The summed E-state index contributed by atoms with van der Waals surface area (Å²) in [6.45, 7) is 14.1. The van der Waals surface area contributed by atoms with Crippen molar-refractivity contribution in [3.63, 3.8) is 0 Å². The molecule has 0 radical (unpaired) electrons. The summed E-state index contributed by atoms with van der Waals surface area (Å²) in [4.78, 5) is 19.6. The lowest BCUT2D eigenvalue weighted by molar-refractivity contribution is 0.0773. The van der Waals surface area contributed by atoms with Gasteiger partial charge in [-0.05, 0) is 55.7 Å². The fourth-order valence-corrected chi connectivity index (χ4v) is 4.57. The Hall–Kier alpha value is -2.09. The fourth-order valence-electron chi connectivity index (χ4n) is 4.57. The number of aliphatic hydroxyl groups excluding tert-OH is 1. The van der Waals surface area contributed by atoms with Crippen LogP contribution < -0.4 is 4.74 Å². The van der Waals surface area contributed by atoms with E-state index in [0.29, 0.717) is 13.1 Å². The molecule has 36 heavy (non-hydrogen) atoms. The molecule has 0 aromatic heterocycles. The smallest absolute Gasteiger partial charge is 0.253 e. The Balaban J connectivity index is 0.00000324. The minimum Gasteiger partial charge on any atom is -0.497 e. The Labute approximate surface area is 228 Å². The minimum absolute atomic E-state index is 0. The summed E-state index contributed by atoms with van der Waals surface area (Å²) in [6, 6.07) is 16.5. The molecule has 1 aliphatic heterocycles. The van der Waals surface area contributed by atoms with Crippen molar-refractivity contribution < 1.29 is 14.6 Å². The Kier molecular flexibility index (Phi) is 14.1. The van der Waals surface area contributed by atoms with Crippen LogP contribution in [0.2, 0.25) is 0 Å². The molecule has 200 valence electrons. The molecule has 0 aliphatic carbocycles. The lowest BCUT2D eigenvalue weighted by atomic mass is 9.95. The first-order valence-electron chi connectivity index (χ1n) is 12.3. The second kappa shape index (κ2) is 15.9. The number of benzene rings is 2. The van der Waals surface area contributed by atoms with Gasteiger partial charge < -0.3 is 19.6 Å². The first-order chi connectivity index (χ1) is 16.5. The molecule has 1 atom stereocenters. The van der Waals surface area contributed by atoms with E-state index in [1.807, 2.05) is 43.0 Å². The van der Waals surface area contributed by atoms with E-state index in [1.54, 1.807) is 7.11 Å². The van der Waals surface area contributed by atoms with Crippen molar-refractivity contribution in [1.29, 1.82) is 0 Å². The Morgan fingerprint density at radius 1 is 1.03 bits per heavy atom. The van der Waals surface area contributed by atoms with E-state index < -0.39 is 0 Å². The van der Waals surface area contributed by atoms with Crippen molar-refractivity contribution in [2.24, 2.45) is 0 Å². The van der Waals surface area contributed by atoms with Gasteiger partial charge in [0.05, 0.1) is 19.8 Å². The fraction of sp³-hybridized carbons (Fsp3) is 0.464. The highest BCUT2D eigenvalue weighted by Crippen LogP contribution is 2.32. The zero-order chi connectivity index (χ0) is 24.5. The lowest BCUT2D eigenvalue weighted by Gasteiger charge is -2.40. The molecular formula is C28H41Cl2N3O3. The molecule has 1 amide bonds. The van der Waals surface area contributed by atoms with Gasteiger partial charge in [0.15, 0.2) is 0 Å². The standard InChI is InChI=1S/C28H39N3O3.2ClH/c1-5-30(6-2)28(33)24-12-10-23(11-13-24)27(25-8-7-9-26(20-25)34-4)31-18-16-29(17-19-31)15-14-22(3)21-32;;/h7-13,20,27,32H,3,5-6,14-19,21H2,1-2,4H3;2*1H. The molecule has 6 nitrogen and oxygen atoms in total. The average molecular weight is 539 g/mol. The second-order valence-electron chi connectivity index (χ2n) is 8.81. The van der Waals surface area contributed by atoms with E-state index in [9.17, 15) is 9.90 Å². The summed E-state index contributed by atoms with van der Waals surface area (Å²) >= 11 is 0. The molecule has 0 saturated carbocycles. The lowest BCUT2D eigenvalue weighted by Crippen LogP contribution is -2.48. The van der Waals surface area contributed by atoms with Crippen molar-refractivity contribution in [3.05, 3.63) is 77.4 Å². The first-order valence-corrected chi connectivity index (χ1v) is 12.3. The molecule has 8 heteroatoms. The molecule has 1 fully saturated rings. The normalized spacial score (nSPS) is 14.8. The summed E-state index contributed by atoms with van der Waals surface area (Å²) in [5.74, 6) is 0.921. The Morgan fingerprint density at radius 3 is 2.22 bits per heavy atom. The quantitative estimate of drug-likeness (QED) is 0.422. The van der Waals surface area contributed by atoms with Crippen molar-refractivity contribution >= 4 is 30.7 Å². The largest absolute Gasteiger partial charge is 0.497 e. The van der Waals surface area contributed by atoms with Crippen LogP contribution in [0.5, 0.6) is 5.75 Å². The van der Waals surface area contributed by atoms with E-state index in [4.69, 9.17) is 4.74 Å². The maximum absolute atomic E-state index is 12.8. The molecule has 1 saturated heterocycles. The highest BCUT2D eigenvalue weighted by atomic mass is 35.5. The molecule has 0 bridgehead atoms. The van der Waals surface area contributed by atoms with Crippen LogP contribution in [0.3, 0.4) is 0 Å². The van der Waals surface area contributed by atoms with Crippen molar-refractivity contribution in [2.45, 2.75) is 26.3 Å². The summed E-state index contributed by atoms with van der Waals surface area (Å²) in [6.07, 6.45) is 0.831. The van der Waals surface area contributed by atoms with Crippen LogP contribution in [-0.2, 0) is 0 Å². The number of carbonyl (C=O) groups is 1. The third-order valence-electron chi connectivity index (χ3n) is 6.71. The highest BCUT2D eigenvalue weighted by Gasteiger charge is 2.27. The molecule has 0 spiro atoms. The number of amides is 1. The summed E-state index contributed by atoms with van der Waals surface area (Å²) in [5, 5.41) is 9.23. The molecule has 3 rings (SSSR count). The Bertz CT molecular complexity index is 943. The predicted octanol–water partition coefficient (Wildman–Crippen LogP) is 4.67. The van der Waals surface area contributed by atoms with Gasteiger partial charge in [-0.2, -0.15) is 0 Å². The molecular weight excluding hydrogens is 497 g/mol. The van der Waals surface area contributed by atoms with E-state index in [-0.39, 0.29) is 43.4 Å². The zero-order valence-electron chi connectivity index (χ0n) is 21.7. The second-order valence-corrected chi connectivity index (χ2v) is 8.81. The van der Waals surface area contributed by atoms with Gasteiger partial charge >= 0.3 is 0 Å². The summed E-state index contributed by atoms with van der Waals surface area (Å²) < 4.78 is 5.51. The monoisotopic (exact) mass is 537 g/mol. The van der Waals surface area contributed by atoms with E-state index in [0.717, 1.165) is 56.0 Å². The number of carbonyl (C=O) groups excluding carboxylic acids is 1. The van der Waals surface area contributed by atoms with Crippen LogP contribution in [0.1, 0.15) is 47.8 Å². The minimum atomic E-state index is 0. The maximum Gasteiger partial charge on any atom is 0.253 e. The molecule has 2 aromatic rings. The molecule has 1 unspecified atom stereocenters. The number of hydrogen-bond acceptors (Lipinski definition) is 5. The number of rotatable bonds is 11. The maximum atomic E-state index is 12.8. The SMILES string of the molecule is C=C(CO)CCN1CCN(C(c2ccc(C(=O)N(CC)CC)cc2)c2cccc(OC)c2)CC1.Cl.Cl. The van der Waals surface area contributed by atoms with Crippen molar-refractivity contribution in [2.75, 3.05) is 59.5 Å². The van der Waals surface area contributed by atoms with Crippen LogP contribution in [-0.4, -0.2) is 85.2 Å². The van der Waals surface area contributed by atoms with Gasteiger partial charge in [0.25, 0.3) is 5.91 Å². The molecule has 2 aromatic carbocycles. The highest BCUT2D eigenvalue weighted by molar-refractivity contribution is 5.94. The number of hydrogen-bond donors (Lipinski definition) is 1. The number of methoxy groups -OCH3 is 1.